The standard InChI is InChI=1S/C33H36N2O7/c1-33(2,3)41-22-27(34-32(37)40-21-26-17-11-6-12-18-26)30-35-29(31(36)39-20-25-15-9-5-10-16-25)28(42-30)23-38-19-24-13-7-4-8-14-24/h4-18,27H,19-23H2,1-3H3,(H,34,37)/t27-/m0/s1. The first-order valence-electron chi connectivity index (χ1n) is 13.7. The summed E-state index contributed by atoms with van der Waals surface area (Å²) in [6, 6.07) is 27.4. The predicted molar refractivity (Wildman–Crippen MR) is 155 cm³/mol. The van der Waals surface area contributed by atoms with Gasteiger partial charge in [0.05, 0.1) is 18.8 Å². The number of alkyl carbamates (subject to hydrolysis) is 1. The van der Waals surface area contributed by atoms with Gasteiger partial charge in [0.15, 0.2) is 11.5 Å². The van der Waals surface area contributed by atoms with E-state index in [0.717, 1.165) is 16.7 Å². The lowest BCUT2D eigenvalue weighted by atomic mass is 10.2. The Morgan fingerprint density at radius 1 is 0.762 bits per heavy atom. The minimum Gasteiger partial charge on any atom is -0.456 e. The van der Waals surface area contributed by atoms with E-state index in [9.17, 15) is 9.59 Å². The van der Waals surface area contributed by atoms with E-state index in [1.54, 1.807) is 0 Å². The smallest absolute Gasteiger partial charge is 0.408 e. The summed E-state index contributed by atoms with van der Waals surface area (Å²) in [5, 5.41) is 2.76. The fourth-order valence-corrected chi connectivity index (χ4v) is 3.82. The zero-order valence-electron chi connectivity index (χ0n) is 24.1. The van der Waals surface area contributed by atoms with Crippen molar-refractivity contribution in [2.75, 3.05) is 6.61 Å². The molecule has 1 atom stereocenters. The van der Waals surface area contributed by atoms with Crippen LogP contribution in [0.5, 0.6) is 0 Å². The fourth-order valence-electron chi connectivity index (χ4n) is 3.82. The van der Waals surface area contributed by atoms with Gasteiger partial charge in [-0.25, -0.2) is 14.6 Å². The van der Waals surface area contributed by atoms with Crippen LogP contribution in [0.4, 0.5) is 4.79 Å². The molecule has 0 aliphatic heterocycles. The quantitative estimate of drug-likeness (QED) is 0.180. The first kappa shape index (κ1) is 30.5. The van der Waals surface area contributed by atoms with Gasteiger partial charge >= 0.3 is 12.1 Å². The molecule has 0 saturated carbocycles. The highest BCUT2D eigenvalue weighted by atomic mass is 16.6. The van der Waals surface area contributed by atoms with E-state index in [1.165, 1.54) is 0 Å². The molecule has 220 valence electrons. The monoisotopic (exact) mass is 572 g/mol. The van der Waals surface area contributed by atoms with Crippen molar-refractivity contribution >= 4 is 12.1 Å². The molecular weight excluding hydrogens is 536 g/mol. The first-order valence-corrected chi connectivity index (χ1v) is 13.7. The number of rotatable bonds is 13. The molecule has 0 radical (unpaired) electrons. The van der Waals surface area contributed by atoms with Gasteiger partial charge in [0.2, 0.25) is 5.89 Å². The number of amides is 1. The van der Waals surface area contributed by atoms with Crippen LogP contribution < -0.4 is 5.32 Å². The third kappa shape index (κ3) is 9.87. The summed E-state index contributed by atoms with van der Waals surface area (Å²) in [5.41, 5.74) is 2.08. The number of hydrogen-bond donors (Lipinski definition) is 1. The second-order valence-corrected chi connectivity index (χ2v) is 10.5. The summed E-state index contributed by atoms with van der Waals surface area (Å²) in [6.07, 6.45) is -0.686. The lowest BCUT2D eigenvalue weighted by Crippen LogP contribution is -2.34. The van der Waals surface area contributed by atoms with Crippen LogP contribution in [-0.2, 0) is 45.4 Å². The molecule has 9 nitrogen and oxygen atoms in total. The number of carbonyl (C=O) groups excluding carboxylic acids is 2. The molecule has 4 rings (SSSR count). The molecule has 1 N–H and O–H groups in total. The molecule has 1 aromatic heterocycles. The second-order valence-electron chi connectivity index (χ2n) is 10.5. The highest BCUT2D eigenvalue weighted by Gasteiger charge is 2.29. The number of carbonyl (C=O) groups is 2. The van der Waals surface area contributed by atoms with E-state index < -0.39 is 23.7 Å². The third-order valence-electron chi connectivity index (χ3n) is 5.95. The minimum absolute atomic E-state index is 0.0211. The SMILES string of the molecule is CC(C)(C)OC[C@H](NC(=O)OCc1ccccc1)c1nc(C(=O)OCc2ccccc2)c(COCc2ccccc2)o1. The third-order valence-corrected chi connectivity index (χ3v) is 5.95. The molecule has 0 bridgehead atoms. The van der Waals surface area contributed by atoms with Crippen LogP contribution in [0.1, 0.15) is 65.6 Å². The molecule has 3 aromatic carbocycles. The highest BCUT2D eigenvalue weighted by Crippen LogP contribution is 2.23. The predicted octanol–water partition coefficient (Wildman–Crippen LogP) is 6.53. The average molecular weight is 573 g/mol. The van der Waals surface area contributed by atoms with E-state index in [-0.39, 0.29) is 43.8 Å². The Labute approximate surface area is 245 Å². The number of nitrogens with one attached hydrogen (secondary N) is 1. The topological polar surface area (TPSA) is 109 Å². The zero-order chi connectivity index (χ0) is 29.8. The Balaban J connectivity index is 1.52. The molecule has 0 fully saturated rings. The van der Waals surface area contributed by atoms with Crippen LogP contribution in [0, 0.1) is 0 Å². The van der Waals surface area contributed by atoms with Crippen LogP contribution in [0.25, 0.3) is 0 Å². The summed E-state index contributed by atoms with van der Waals surface area (Å²) >= 11 is 0. The van der Waals surface area contributed by atoms with Gasteiger partial charge in [0, 0.05) is 0 Å². The molecule has 0 spiro atoms. The average Bonchev–Trinajstić information content (AvgIpc) is 3.42. The van der Waals surface area contributed by atoms with E-state index in [1.807, 2.05) is 112 Å². The van der Waals surface area contributed by atoms with Gasteiger partial charge in [-0.05, 0) is 37.5 Å². The van der Waals surface area contributed by atoms with Crippen LogP contribution in [-0.4, -0.2) is 29.3 Å². The normalized spacial score (nSPS) is 12.0. The summed E-state index contributed by atoms with van der Waals surface area (Å²) in [7, 11) is 0. The first-order chi connectivity index (χ1) is 20.3. The molecule has 0 aliphatic rings. The highest BCUT2D eigenvalue weighted by molar-refractivity contribution is 5.88. The van der Waals surface area contributed by atoms with Crippen molar-refractivity contribution in [3.8, 4) is 0 Å². The summed E-state index contributed by atoms with van der Waals surface area (Å²) in [4.78, 5) is 30.4. The number of hydrogen-bond acceptors (Lipinski definition) is 8. The maximum atomic E-state index is 13.2. The van der Waals surface area contributed by atoms with E-state index >= 15 is 0 Å². The Bertz CT molecular complexity index is 1400. The van der Waals surface area contributed by atoms with Crippen LogP contribution in [0.2, 0.25) is 0 Å². The van der Waals surface area contributed by atoms with Gasteiger partial charge in [-0.2, -0.15) is 0 Å². The molecular formula is C33H36N2O7. The maximum absolute atomic E-state index is 13.2. The number of aromatic nitrogens is 1. The van der Waals surface area contributed by atoms with E-state index in [4.69, 9.17) is 23.4 Å². The second kappa shape index (κ2) is 15.0. The molecule has 0 unspecified atom stereocenters. The molecule has 1 amide bonds. The Morgan fingerprint density at radius 3 is 1.83 bits per heavy atom. The van der Waals surface area contributed by atoms with Crippen LogP contribution in [0.15, 0.2) is 95.4 Å². The Morgan fingerprint density at radius 2 is 1.29 bits per heavy atom. The lowest BCUT2D eigenvalue weighted by molar-refractivity contribution is -0.0185. The van der Waals surface area contributed by atoms with E-state index in [2.05, 4.69) is 10.3 Å². The van der Waals surface area contributed by atoms with Crippen molar-refractivity contribution in [3.05, 3.63) is 125 Å². The fraction of sp³-hybridized carbons (Fsp3) is 0.303. The van der Waals surface area contributed by atoms with Gasteiger partial charge in [0.1, 0.15) is 25.9 Å². The van der Waals surface area contributed by atoms with Gasteiger partial charge in [-0.15, -0.1) is 0 Å². The number of nitrogens with zero attached hydrogens (tertiary/aromatic N) is 1. The zero-order valence-corrected chi connectivity index (χ0v) is 24.1. The summed E-state index contributed by atoms with van der Waals surface area (Å²) in [6.45, 7) is 6.10. The number of ether oxygens (including phenoxy) is 4. The summed E-state index contributed by atoms with van der Waals surface area (Å²) < 4.78 is 28.8. The number of esters is 1. The molecule has 9 heteroatoms. The minimum atomic E-state index is -0.851. The van der Waals surface area contributed by atoms with Gasteiger partial charge in [-0.1, -0.05) is 91.0 Å². The number of benzene rings is 3. The van der Waals surface area contributed by atoms with Crippen molar-refractivity contribution in [3.63, 3.8) is 0 Å². The van der Waals surface area contributed by atoms with Crippen molar-refractivity contribution in [1.29, 1.82) is 0 Å². The van der Waals surface area contributed by atoms with Gasteiger partial charge in [0.25, 0.3) is 0 Å². The molecule has 1 heterocycles. The maximum Gasteiger partial charge on any atom is 0.408 e. The molecule has 4 aromatic rings. The molecule has 42 heavy (non-hydrogen) atoms. The molecule has 0 saturated heterocycles. The van der Waals surface area contributed by atoms with Gasteiger partial charge in [-0.3, -0.25) is 0 Å². The van der Waals surface area contributed by atoms with Crippen molar-refractivity contribution < 1.29 is 33.0 Å². The van der Waals surface area contributed by atoms with E-state index in [0.29, 0.717) is 6.61 Å². The Kier molecular flexibility index (Phi) is 10.9. The lowest BCUT2D eigenvalue weighted by Gasteiger charge is -2.23. The summed E-state index contributed by atoms with van der Waals surface area (Å²) in [5.74, 6) is -0.422. The van der Waals surface area contributed by atoms with Crippen LogP contribution in [0.3, 0.4) is 0 Å². The molecule has 0 aliphatic carbocycles. The van der Waals surface area contributed by atoms with Crippen molar-refractivity contribution in [2.45, 2.75) is 58.8 Å². The van der Waals surface area contributed by atoms with Crippen molar-refractivity contribution in [1.82, 2.24) is 10.3 Å². The van der Waals surface area contributed by atoms with Crippen molar-refractivity contribution in [2.24, 2.45) is 0 Å². The van der Waals surface area contributed by atoms with Gasteiger partial charge < -0.3 is 28.7 Å². The number of oxazole rings is 1. The van der Waals surface area contributed by atoms with Crippen LogP contribution >= 0.6 is 0 Å². The Hall–Kier alpha value is -4.47. The largest absolute Gasteiger partial charge is 0.456 e.